The topological polar surface area (TPSA) is 83.5 Å². The van der Waals surface area contributed by atoms with E-state index >= 15 is 0 Å². The Labute approximate surface area is 126 Å². The van der Waals surface area contributed by atoms with Gasteiger partial charge in [0.2, 0.25) is 5.96 Å². The van der Waals surface area contributed by atoms with Gasteiger partial charge in [-0.2, -0.15) is 0 Å². The summed E-state index contributed by atoms with van der Waals surface area (Å²) >= 11 is 5.89. The molecule has 8 heteroatoms. The van der Waals surface area contributed by atoms with Crippen LogP contribution < -0.4 is 10.0 Å². The molecule has 0 unspecified atom stereocenters. The largest absolute Gasteiger partial charge is 0.324 e. The van der Waals surface area contributed by atoms with Crippen LogP contribution in [-0.4, -0.2) is 19.4 Å². The Morgan fingerprint density at radius 3 is 2.86 bits per heavy atom. The van der Waals surface area contributed by atoms with Gasteiger partial charge >= 0.3 is 0 Å². The lowest BCUT2D eigenvalue weighted by Crippen LogP contribution is -2.40. The van der Waals surface area contributed by atoms with Gasteiger partial charge in [-0.15, -0.1) is 0 Å². The first-order valence-electron chi connectivity index (χ1n) is 6.08. The number of hydrogen-bond acceptors (Lipinski definition) is 4. The number of nitrogens with zero attached hydrogens (tertiary/aromatic N) is 2. The molecule has 0 saturated carbocycles. The number of halogens is 1. The van der Waals surface area contributed by atoms with Crippen LogP contribution in [0.5, 0.6) is 0 Å². The lowest BCUT2D eigenvalue weighted by atomic mass is 10.3. The number of aromatic nitrogens is 1. The molecule has 1 aliphatic heterocycles. The van der Waals surface area contributed by atoms with Crippen LogP contribution in [0.1, 0.15) is 5.69 Å². The summed E-state index contributed by atoms with van der Waals surface area (Å²) in [5.74, 6) is 0.149. The predicted octanol–water partition coefficient (Wildman–Crippen LogP) is 1.99. The van der Waals surface area contributed by atoms with Crippen LogP contribution >= 0.6 is 11.6 Å². The number of anilines is 1. The molecule has 1 aliphatic rings. The Balaban J connectivity index is 1.90. The van der Waals surface area contributed by atoms with Crippen LogP contribution in [0.15, 0.2) is 52.5 Å². The van der Waals surface area contributed by atoms with Crippen LogP contribution in [-0.2, 0) is 16.6 Å². The molecule has 21 heavy (non-hydrogen) atoms. The third-order valence-electron chi connectivity index (χ3n) is 2.84. The summed E-state index contributed by atoms with van der Waals surface area (Å²) in [4.78, 5) is 8.45. The average Bonchev–Trinajstić information content (AvgIpc) is 2.45. The maximum atomic E-state index is 12.1. The highest BCUT2D eigenvalue weighted by Gasteiger charge is 2.26. The van der Waals surface area contributed by atoms with Crippen molar-refractivity contribution in [3.05, 3.63) is 53.3 Å². The summed E-state index contributed by atoms with van der Waals surface area (Å²) in [6.45, 7) is 0.265. The van der Waals surface area contributed by atoms with Crippen molar-refractivity contribution in [2.24, 2.45) is 4.99 Å². The number of benzene rings is 1. The number of rotatable bonds is 2. The van der Waals surface area contributed by atoms with E-state index in [-0.39, 0.29) is 17.4 Å². The molecule has 2 N–H and O–H groups in total. The molecule has 0 atom stereocenters. The van der Waals surface area contributed by atoms with Gasteiger partial charge in [-0.25, -0.2) is 18.1 Å². The minimum absolute atomic E-state index is 0.142. The Hall–Kier alpha value is -2.12. The minimum atomic E-state index is -3.63. The number of fused-ring (bicyclic) bond motifs is 1. The molecular formula is C13H11ClN4O2S. The van der Waals surface area contributed by atoms with E-state index in [1.807, 2.05) is 12.1 Å². The fourth-order valence-electron chi connectivity index (χ4n) is 1.89. The van der Waals surface area contributed by atoms with Crippen LogP contribution in [0.25, 0.3) is 0 Å². The van der Waals surface area contributed by atoms with Crippen LogP contribution in [0.2, 0.25) is 5.02 Å². The van der Waals surface area contributed by atoms with Gasteiger partial charge < -0.3 is 5.32 Å². The van der Waals surface area contributed by atoms with Gasteiger partial charge in [0.1, 0.15) is 4.90 Å². The molecule has 6 nitrogen and oxygen atoms in total. The Morgan fingerprint density at radius 1 is 1.24 bits per heavy atom. The van der Waals surface area contributed by atoms with Gasteiger partial charge in [0.25, 0.3) is 10.0 Å². The van der Waals surface area contributed by atoms with E-state index in [1.54, 1.807) is 18.3 Å². The van der Waals surface area contributed by atoms with Gasteiger partial charge in [-0.05, 0) is 30.3 Å². The molecular weight excluding hydrogens is 312 g/mol. The Bertz CT molecular complexity index is 806. The van der Waals surface area contributed by atoms with E-state index in [0.717, 1.165) is 5.69 Å². The SMILES string of the molecule is O=S1(=O)NC(=NCc2ccccn2)Nc2cc(Cl)ccc21. The summed E-state index contributed by atoms with van der Waals surface area (Å²) in [6, 6.07) is 9.98. The van der Waals surface area contributed by atoms with Crippen molar-refractivity contribution in [1.82, 2.24) is 9.71 Å². The number of guanidine groups is 1. The van der Waals surface area contributed by atoms with Gasteiger partial charge in [0.05, 0.1) is 17.9 Å². The monoisotopic (exact) mass is 322 g/mol. The molecule has 1 aromatic carbocycles. The predicted molar refractivity (Wildman–Crippen MR) is 80.8 cm³/mol. The summed E-state index contributed by atoms with van der Waals surface area (Å²) in [6.07, 6.45) is 1.66. The third-order valence-corrected chi connectivity index (χ3v) is 4.47. The molecule has 0 aliphatic carbocycles. The zero-order chi connectivity index (χ0) is 14.9. The van der Waals surface area contributed by atoms with Crippen molar-refractivity contribution in [3.63, 3.8) is 0 Å². The number of pyridine rings is 1. The molecule has 0 saturated heterocycles. The first-order valence-corrected chi connectivity index (χ1v) is 7.94. The molecule has 108 valence electrons. The quantitative estimate of drug-likeness (QED) is 0.885. The van der Waals surface area contributed by atoms with Gasteiger partial charge in [-0.3, -0.25) is 4.98 Å². The molecule has 3 rings (SSSR count). The van der Waals surface area contributed by atoms with Crippen molar-refractivity contribution in [1.29, 1.82) is 0 Å². The molecule has 0 bridgehead atoms. The van der Waals surface area contributed by atoms with Crippen molar-refractivity contribution in [2.75, 3.05) is 5.32 Å². The molecule has 2 aromatic rings. The maximum absolute atomic E-state index is 12.1. The third kappa shape index (κ3) is 2.98. The summed E-state index contributed by atoms with van der Waals surface area (Å²) < 4.78 is 26.6. The van der Waals surface area contributed by atoms with Crippen LogP contribution in [0.4, 0.5) is 5.69 Å². The van der Waals surface area contributed by atoms with E-state index in [2.05, 4.69) is 20.0 Å². The summed E-state index contributed by atoms with van der Waals surface area (Å²) in [7, 11) is -3.63. The van der Waals surface area contributed by atoms with Gasteiger partial charge in [0, 0.05) is 11.2 Å². The number of nitrogens with one attached hydrogen (secondary N) is 2. The molecule has 1 aromatic heterocycles. The molecule has 0 fully saturated rings. The second kappa shape index (κ2) is 5.34. The van der Waals surface area contributed by atoms with Crippen LogP contribution in [0, 0.1) is 0 Å². The highest BCUT2D eigenvalue weighted by molar-refractivity contribution is 7.90. The number of hydrogen-bond donors (Lipinski definition) is 2. The molecule has 0 spiro atoms. The fourth-order valence-corrected chi connectivity index (χ4v) is 3.19. The second-order valence-corrected chi connectivity index (χ2v) is 6.44. The summed E-state index contributed by atoms with van der Waals surface area (Å²) in [5, 5.41) is 3.36. The first-order chi connectivity index (χ1) is 10.0. The van der Waals surface area contributed by atoms with Gasteiger partial charge in [-0.1, -0.05) is 17.7 Å². The van der Waals surface area contributed by atoms with E-state index in [4.69, 9.17) is 11.6 Å². The lowest BCUT2D eigenvalue weighted by molar-refractivity contribution is 0.591. The molecule has 0 radical (unpaired) electrons. The zero-order valence-corrected chi connectivity index (χ0v) is 12.3. The average molecular weight is 323 g/mol. The highest BCUT2D eigenvalue weighted by Crippen LogP contribution is 2.27. The van der Waals surface area contributed by atoms with E-state index in [1.165, 1.54) is 12.1 Å². The molecule has 2 heterocycles. The standard InChI is InChI=1S/C13H11ClN4O2S/c14-9-4-5-12-11(7-9)17-13(18-21(12,19)20)16-8-10-3-1-2-6-15-10/h1-7H,8H2,(H2,16,17,18). The Morgan fingerprint density at radius 2 is 2.10 bits per heavy atom. The van der Waals surface area contributed by atoms with Crippen molar-refractivity contribution < 1.29 is 8.42 Å². The summed E-state index contributed by atoms with van der Waals surface area (Å²) in [5.41, 5.74) is 1.14. The normalized spacial score (nSPS) is 17.7. The number of sulfonamides is 1. The van der Waals surface area contributed by atoms with E-state index in [9.17, 15) is 8.42 Å². The second-order valence-electron chi connectivity index (χ2n) is 4.36. The van der Waals surface area contributed by atoms with E-state index in [0.29, 0.717) is 10.7 Å². The first kappa shape index (κ1) is 13.8. The van der Waals surface area contributed by atoms with Gasteiger partial charge in [0.15, 0.2) is 0 Å². The lowest BCUT2D eigenvalue weighted by Gasteiger charge is -2.21. The Kier molecular flexibility index (Phi) is 3.52. The minimum Gasteiger partial charge on any atom is -0.324 e. The zero-order valence-electron chi connectivity index (χ0n) is 10.7. The number of aliphatic imine (C=N–C) groups is 1. The van der Waals surface area contributed by atoms with Crippen molar-refractivity contribution in [3.8, 4) is 0 Å². The fraction of sp³-hybridized carbons (Fsp3) is 0.0769. The van der Waals surface area contributed by atoms with E-state index < -0.39 is 10.0 Å². The molecule has 0 amide bonds. The van der Waals surface area contributed by atoms with Crippen molar-refractivity contribution >= 4 is 33.3 Å². The van der Waals surface area contributed by atoms with Crippen molar-refractivity contribution in [2.45, 2.75) is 11.4 Å². The maximum Gasteiger partial charge on any atom is 0.266 e. The highest BCUT2D eigenvalue weighted by atomic mass is 35.5. The smallest absolute Gasteiger partial charge is 0.266 e. The van der Waals surface area contributed by atoms with Crippen LogP contribution in [0.3, 0.4) is 0 Å².